The van der Waals surface area contributed by atoms with Crippen molar-refractivity contribution in [1.29, 1.82) is 5.26 Å². The fraction of sp³-hybridized carbons (Fsp3) is 0. The van der Waals surface area contributed by atoms with Gasteiger partial charge in [0.2, 0.25) is 11.8 Å². The molecule has 0 spiro atoms. The second-order valence-corrected chi connectivity index (χ2v) is 3.35. The van der Waals surface area contributed by atoms with Gasteiger partial charge in [-0.2, -0.15) is 15.2 Å². The van der Waals surface area contributed by atoms with Gasteiger partial charge in [0.1, 0.15) is 5.82 Å². The molecule has 1 aromatic carbocycles. The Bertz CT molecular complexity index is 618. The molecule has 90 valence electrons. The number of nitrogens with zero attached hydrogens (tertiary/aromatic N) is 3. The van der Waals surface area contributed by atoms with Crippen molar-refractivity contribution < 1.29 is 9.13 Å². The monoisotopic (exact) mass is 245 g/mol. The third-order valence-corrected chi connectivity index (χ3v) is 2.02. The lowest BCUT2D eigenvalue weighted by Crippen LogP contribution is -2.01. The van der Waals surface area contributed by atoms with Crippen LogP contribution in [0.25, 0.3) is 0 Å². The van der Waals surface area contributed by atoms with Gasteiger partial charge in [0.25, 0.3) is 0 Å². The molecule has 7 heteroatoms. The van der Waals surface area contributed by atoms with Crippen LogP contribution in [-0.4, -0.2) is 9.97 Å². The molecular weight excluding hydrogens is 237 g/mol. The Morgan fingerprint density at radius 2 is 2.00 bits per heavy atom. The fourth-order valence-corrected chi connectivity index (χ4v) is 1.28. The molecule has 1 aromatic heterocycles. The molecule has 0 amide bonds. The van der Waals surface area contributed by atoms with Gasteiger partial charge in [-0.15, -0.1) is 0 Å². The van der Waals surface area contributed by atoms with Gasteiger partial charge >= 0.3 is 0 Å². The summed E-state index contributed by atoms with van der Waals surface area (Å²) >= 11 is 0. The summed E-state index contributed by atoms with van der Waals surface area (Å²) in [4.78, 5) is 7.40. The number of benzene rings is 1. The van der Waals surface area contributed by atoms with Crippen LogP contribution in [0.4, 0.5) is 16.2 Å². The molecule has 18 heavy (non-hydrogen) atoms. The molecule has 0 aliphatic rings. The van der Waals surface area contributed by atoms with E-state index in [2.05, 4.69) is 9.97 Å². The molecule has 0 atom stereocenters. The molecule has 0 saturated carbocycles. The van der Waals surface area contributed by atoms with Gasteiger partial charge in [0.05, 0.1) is 11.6 Å². The Hall–Kier alpha value is -2.88. The maximum Gasteiger partial charge on any atom is 0.226 e. The normalized spacial score (nSPS) is 9.78. The Morgan fingerprint density at radius 1 is 1.22 bits per heavy atom. The maximum absolute atomic E-state index is 13.5. The summed E-state index contributed by atoms with van der Waals surface area (Å²) in [7, 11) is 0. The van der Waals surface area contributed by atoms with E-state index < -0.39 is 5.82 Å². The first-order valence-electron chi connectivity index (χ1n) is 4.86. The van der Waals surface area contributed by atoms with Crippen LogP contribution in [0, 0.1) is 17.1 Å². The summed E-state index contributed by atoms with van der Waals surface area (Å²) in [6, 6.07) is 6.93. The smallest absolute Gasteiger partial charge is 0.226 e. The van der Waals surface area contributed by atoms with Gasteiger partial charge in [0.15, 0.2) is 11.6 Å². The van der Waals surface area contributed by atoms with Gasteiger partial charge in [0, 0.05) is 6.07 Å². The summed E-state index contributed by atoms with van der Waals surface area (Å²) in [6.07, 6.45) is 0. The lowest BCUT2D eigenvalue weighted by Gasteiger charge is -2.06. The fourth-order valence-electron chi connectivity index (χ4n) is 1.28. The quantitative estimate of drug-likeness (QED) is 0.828. The minimum Gasteiger partial charge on any atom is -0.436 e. The first-order chi connectivity index (χ1) is 8.58. The van der Waals surface area contributed by atoms with Crippen LogP contribution in [-0.2, 0) is 0 Å². The van der Waals surface area contributed by atoms with Gasteiger partial charge in [-0.1, -0.05) is 0 Å². The summed E-state index contributed by atoms with van der Waals surface area (Å²) in [6.45, 7) is 0. The molecule has 0 saturated heterocycles. The average Bonchev–Trinajstić information content (AvgIpc) is 2.30. The highest BCUT2D eigenvalue weighted by Gasteiger charge is 2.08. The lowest BCUT2D eigenvalue weighted by atomic mass is 10.2. The molecule has 0 unspecified atom stereocenters. The Labute approximate surface area is 102 Å². The maximum atomic E-state index is 13.5. The Kier molecular flexibility index (Phi) is 2.93. The zero-order valence-corrected chi connectivity index (χ0v) is 9.09. The molecule has 1 heterocycles. The zero-order chi connectivity index (χ0) is 13.1. The van der Waals surface area contributed by atoms with Crippen LogP contribution in [0.1, 0.15) is 5.56 Å². The summed E-state index contributed by atoms with van der Waals surface area (Å²) in [5, 5.41) is 8.60. The lowest BCUT2D eigenvalue weighted by molar-refractivity contribution is 0.427. The third kappa shape index (κ3) is 2.44. The number of halogens is 1. The van der Waals surface area contributed by atoms with E-state index >= 15 is 0 Å². The topological polar surface area (TPSA) is 111 Å². The van der Waals surface area contributed by atoms with E-state index in [4.69, 9.17) is 21.5 Å². The van der Waals surface area contributed by atoms with E-state index in [-0.39, 0.29) is 29.0 Å². The molecule has 0 bridgehead atoms. The second-order valence-electron chi connectivity index (χ2n) is 3.35. The van der Waals surface area contributed by atoms with Crippen LogP contribution >= 0.6 is 0 Å². The van der Waals surface area contributed by atoms with Crippen LogP contribution in [0.2, 0.25) is 0 Å². The molecular formula is C11H8FN5O. The van der Waals surface area contributed by atoms with E-state index in [0.717, 1.165) is 6.07 Å². The molecule has 6 nitrogen and oxygen atoms in total. The summed E-state index contributed by atoms with van der Waals surface area (Å²) in [5.41, 5.74) is 11.0. The van der Waals surface area contributed by atoms with Crippen molar-refractivity contribution in [3.8, 4) is 17.7 Å². The van der Waals surface area contributed by atoms with Crippen LogP contribution in [0.3, 0.4) is 0 Å². The highest BCUT2D eigenvalue weighted by atomic mass is 19.1. The molecule has 0 radical (unpaired) electrons. The van der Waals surface area contributed by atoms with Crippen molar-refractivity contribution in [3.05, 3.63) is 35.6 Å². The highest BCUT2D eigenvalue weighted by Crippen LogP contribution is 2.24. The van der Waals surface area contributed by atoms with Crippen molar-refractivity contribution in [1.82, 2.24) is 9.97 Å². The van der Waals surface area contributed by atoms with E-state index in [0.29, 0.717) is 0 Å². The minimum absolute atomic E-state index is 0.0311. The number of rotatable bonds is 2. The molecule has 0 aliphatic heterocycles. The number of hydrogen-bond acceptors (Lipinski definition) is 6. The molecule has 0 aliphatic carbocycles. The van der Waals surface area contributed by atoms with Crippen molar-refractivity contribution in [2.45, 2.75) is 0 Å². The predicted molar refractivity (Wildman–Crippen MR) is 62.0 cm³/mol. The summed E-state index contributed by atoms with van der Waals surface area (Å²) in [5.74, 6) is -0.675. The Morgan fingerprint density at radius 3 is 2.61 bits per heavy atom. The van der Waals surface area contributed by atoms with Crippen molar-refractivity contribution in [2.75, 3.05) is 11.5 Å². The van der Waals surface area contributed by atoms with E-state index in [1.165, 1.54) is 18.2 Å². The van der Waals surface area contributed by atoms with E-state index in [1.54, 1.807) is 0 Å². The standard InChI is InChI=1S/C11H8FN5O/c12-7-3-6(5-13)1-2-8(7)18-10-4-9(14)16-11(15)17-10/h1-4H,(H4,14,15,16,17). The Balaban J connectivity index is 2.31. The number of anilines is 2. The van der Waals surface area contributed by atoms with Crippen molar-refractivity contribution >= 4 is 11.8 Å². The molecule has 4 N–H and O–H groups in total. The second kappa shape index (κ2) is 4.55. The highest BCUT2D eigenvalue weighted by molar-refractivity contribution is 5.42. The molecule has 2 rings (SSSR count). The van der Waals surface area contributed by atoms with Crippen LogP contribution in [0.15, 0.2) is 24.3 Å². The molecule has 2 aromatic rings. The SMILES string of the molecule is N#Cc1ccc(Oc2cc(N)nc(N)n2)c(F)c1. The van der Waals surface area contributed by atoms with Gasteiger partial charge < -0.3 is 16.2 Å². The van der Waals surface area contributed by atoms with Crippen LogP contribution < -0.4 is 16.2 Å². The number of ether oxygens (including phenoxy) is 1. The third-order valence-electron chi connectivity index (χ3n) is 2.02. The molecule has 0 fully saturated rings. The van der Waals surface area contributed by atoms with E-state index in [1.807, 2.05) is 6.07 Å². The largest absolute Gasteiger partial charge is 0.436 e. The number of aromatic nitrogens is 2. The number of nitrogens with two attached hydrogens (primary N) is 2. The first kappa shape index (κ1) is 11.6. The van der Waals surface area contributed by atoms with Gasteiger partial charge in [-0.3, -0.25) is 0 Å². The number of nitrogen functional groups attached to an aromatic ring is 2. The van der Waals surface area contributed by atoms with Gasteiger partial charge in [-0.25, -0.2) is 4.39 Å². The number of hydrogen-bond donors (Lipinski definition) is 2. The average molecular weight is 245 g/mol. The van der Waals surface area contributed by atoms with Crippen LogP contribution in [0.5, 0.6) is 11.6 Å². The zero-order valence-electron chi connectivity index (χ0n) is 9.09. The van der Waals surface area contributed by atoms with Gasteiger partial charge in [-0.05, 0) is 18.2 Å². The predicted octanol–water partition coefficient (Wildman–Crippen LogP) is 1.44. The minimum atomic E-state index is -0.676. The first-order valence-corrected chi connectivity index (χ1v) is 4.86. The van der Waals surface area contributed by atoms with Crippen molar-refractivity contribution in [3.63, 3.8) is 0 Å². The van der Waals surface area contributed by atoms with E-state index in [9.17, 15) is 4.39 Å². The number of nitriles is 1. The van der Waals surface area contributed by atoms with Crippen molar-refractivity contribution in [2.24, 2.45) is 0 Å². The summed E-state index contributed by atoms with van der Waals surface area (Å²) < 4.78 is 18.7.